The van der Waals surface area contributed by atoms with Crippen molar-refractivity contribution in [3.05, 3.63) is 70.9 Å². The van der Waals surface area contributed by atoms with Gasteiger partial charge in [-0.25, -0.2) is 13.2 Å². The second-order valence-corrected chi connectivity index (χ2v) is 7.95. The molecule has 0 aliphatic carbocycles. The molecule has 0 amide bonds. The van der Waals surface area contributed by atoms with Crippen LogP contribution >= 0.6 is 11.6 Å². The molecule has 26 heavy (non-hydrogen) atoms. The predicted molar refractivity (Wildman–Crippen MR) is 95.6 cm³/mol. The summed E-state index contributed by atoms with van der Waals surface area (Å²) in [6.07, 6.45) is 1.04. The van der Waals surface area contributed by atoms with Crippen LogP contribution in [-0.2, 0) is 21.2 Å². The SMILES string of the molecule is CS(=O)(=O)c1ccccc1C(=O)OCc1cc(-c2ccc(Cl)cc2)no1. The van der Waals surface area contributed by atoms with Gasteiger partial charge in [-0.2, -0.15) is 0 Å². The van der Waals surface area contributed by atoms with Crippen molar-refractivity contribution in [2.45, 2.75) is 11.5 Å². The number of sulfone groups is 1. The van der Waals surface area contributed by atoms with E-state index in [-0.39, 0.29) is 17.1 Å². The highest BCUT2D eigenvalue weighted by Crippen LogP contribution is 2.22. The monoisotopic (exact) mass is 391 g/mol. The molecule has 0 bridgehead atoms. The lowest BCUT2D eigenvalue weighted by Gasteiger charge is -2.07. The van der Waals surface area contributed by atoms with Crippen molar-refractivity contribution < 1.29 is 22.5 Å². The van der Waals surface area contributed by atoms with Crippen LogP contribution in [0.1, 0.15) is 16.1 Å². The number of ether oxygens (including phenoxy) is 1. The van der Waals surface area contributed by atoms with Gasteiger partial charge in [0.1, 0.15) is 5.69 Å². The van der Waals surface area contributed by atoms with Gasteiger partial charge in [0.05, 0.1) is 10.5 Å². The summed E-state index contributed by atoms with van der Waals surface area (Å²) in [5.41, 5.74) is 1.36. The van der Waals surface area contributed by atoms with Crippen molar-refractivity contribution in [3.63, 3.8) is 0 Å². The molecule has 0 radical (unpaired) electrons. The van der Waals surface area contributed by atoms with Crippen LogP contribution in [0.4, 0.5) is 0 Å². The van der Waals surface area contributed by atoms with E-state index in [0.717, 1.165) is 11.8 Å². The van der Waals surface area contributed by atoms with E-state index < -0.39 is 15.8 Å². The molecule has 0 aliphatic heterocycles. The Kier molecular flexibility index (Phi) is 5.11. The fraction of sp³-hybridized carbons (Fsp3) is 0.111. The number of carbonyl (C=O) groups excluding carboxylic acids is 1. The second-order valence-electron chi connectivity index (χ2n) is 5.53. The maximum Gasteiger partial charge on any atom is 0.339 e. The Hall–Kier alpha value is -2.64. The summed E-state index contributed by atoms with van der Waals surface area (Å²) in [6.45, 7) is -0.169. The van der Waals surface area contributed by atoms with Gasteiger partial charge in [-0.1, -0.05) is 41.0 Å². The van der Waals surface area contributed by atoms with Crippen LogP contribution in [0.25, 0.3) is 11.3 Å². The summed E-state index contributed by atoms with van der Waals surface area (Å²) in [4.78, 5) is 12.2. The number of rotatable bonds is 5. The van der Waals surface area contributed by atoms with E-state index in [1.54, 1.807) is 42.5 Å². The zero-order valence-corrected chi connectivity index (χ0v) is 15.3. The number of nitrogens with zero attached hydrogens (tertiary/aromatic N) is 1. The van der Waals surface area contributed by atoms with Crippen molar-refractivity contribution in [3.8, 4) is 11.3 Å². The number of aromatic nitrogens is 1. The second kappa shape index (κ2) is 7.31. The lowest BCUT2D eigenvalue weighted by Crippen LogP contribution is -2.11. The van der Waals surface area contributed by atoms with E-state index in [1.165, 1.54) is 12.1 Å². The minimum absolute atomic E-state index is 0.0209. The highest BCUT2D eigenvalue weighted by molar-refractivity contribution is 7.90. The lowest BCUT2D eigenvalue weighted by atomic mass is 10.1. The number of hydrogen-bond donors (Lipinski definition) is 0. The molecule has 0 saturated carbocycles. The van der Waals surface area contributed by atoms with E-state index in [9.17, 15) is 13.2 Å². The summed E-state index contributed by atoms with van der Waals surface area (Å²) in [7, 11) is -3.54. The van der Waals surface area contributed by atoms with Gasteiger partial charge in [-0.3, -0.25) is 0 Å². The molecule has 0 unspecified atom stereocenters. The van der Waals surface area contributed by atoms with Crippen molar-refractivity contribution in [1.29, 1.82) is 0 Å². The molecule has 6 nitrogen and oxygen atoms in total. The summed E-state index contributed by atoms with van der Waals surface area (Å²) in [5, 5.41) is 4.53. The van der Waals surface area contributed by atoms with Crippen LogP contribution in [0.2, 0.25) is 5.02 Å². The molecule has 0 saturated heterocycles. The minimum Gasteiger partial charge on any atom is -0.454 e. The van der Waals surface area contributed by atoms with Crippen LogP contribution in [0.3, 0.4) is 0 Å². The molecule has 0 atom stereocenters. The van der Waals surface area contributed by atoms with E-state index in [1.807, 2.05) is 0 Å². The number of halogens is 1. The standard InChI is InChI=1S/C18H14ClNO5S/c1-26(22,23)17-5-3-2-4-15(17)18(21)24-11-14-10-16(20-25-14)12-6-8-13(19)9-7-12/h2-10H,11H2,1H3. The van der Waals surface area contributed by atoms with E-state index in [4.69, 9.17) is 20.9 Å². The van der Waals surface area contributed by atoms with Gasteiger partial charge in [0.2, 0.25) is 0 Å². The molecule has 3 rings (SSSR count). The molecule has 8 heteroatoms. The highest BCUT2D eigenvalue weighted by Gasteiger charge is 2.20. The van der Waals surface area contributed by atoms with Gasteiger partial charge >= 0.3 is 5.97 Å². The third kappa shape index (κ3) is 4.12. The molecule has 2 aromatic carbocycles. The number of benzene rings is 2. The molecule has 0 aliphatic rings. The first-order valence-electron chi connectivity index (χ1n) is 7.52. The maximum atomic E-state index is 12.2. The lowest BCUT2D eigenvalue weighted by molar-refractivity contribution is 0.0433. The molecule has 0 spiro atoms. The third-order valence-electron chi connectivity index (χ3n) is 3.55. The molecule has 134 valence electrons. The van der Waals surface area contributed by atoms with Crippen LogP contribution in [0.5, 0.6) is 0 Å². The summed E-state index contributed by atoms with van der Waals surface area (Å²) in [6, 6.07) is 14.5. The Morgan fingerprint density at radius 2 is 1.85 bits per heavy atom. The van der Waals surface area contributed by atoms with E-state index >= 15 is 0 Å². The van der Waals surface area contributed by atoms with Gasteiger partial charge in [-0.15, -0.1) is 0 Å². The number of carbonyl (C=O) groups is 1. The Morgan fingerprint density at radius 3 is 2.54 bits per heavy atom. The Balaban J connectivity index is 1.72. The summed E-state index contributed by atoms with van der Waals surface area (Å²) < 4.78 is 33.9. The van der Waals surface area contributed by atoms with Crippen molar-refractivity contribution >= 4 is 27.4 Å². The number of hydrogen-bond acceptors (Lipinski definition) is 6. The average Bonchev–Trinajstić information content (AvgIpc) is 3.08. The first-order valence-corrected chi connectivity index (χ1v) is 9.79. The fourth-order valence-corrected chi connectivity index (χ4v) is 3.31. The van der Waals surface area contributed by atoms with Crippen LogP contribution in [-0.4, -0.2) is 25.8 Å². The molecular formula is C18H14ClNO5S. The number of esters is 1. The van der Waals surface area contributed by atoms with Crippen molar-refractivity contribution in [2.75, 3.05) is 6.26 Å². The van der Waals surface area contributed by atoms with Gasteiger partial charge in [0.25, 0.3) is 0 Å². The quantitative estimate of drug-likeness (QED) is 0.615. The normalized spacial score (nSPS) is 11.3. The van der Waals surface area contributed by atoms with E-state index in [2.05, 4.69) is 5.16 Å². The maximum absolute atomic E-state index is 12.2. The highest BCUT2D eigenvalue weighted by atomic mass is 35.5. The van der Waals surface area contributed by atoms with Gasteiger partial charge in [0, 0.05) is 22.9 Å². The first kappa shape index (κ1) is 18.2. The van der Waals surface area contributed by atoms with Crippen LogP contribution in [0.15, 0.2) is 64.0 Å². The van der Waals surface area contributed by atoms with Crippen molar-refractivity contribution in [1.82, 2.24) is 5.16 Å². The fourth-order valence-electron chi connectivity index (χ4n) is 2.31. The molecule has 3 aromatic rings. The Morgan fingerprint density at radius 1 is 1.15 bits per heavy atom. The molecule has 0 fully saturated rings. The Bertz CT molecular complexity index is 1040. The predicted octanol–water partition coefficient (Wildman–Crippen LogP) is 3.76. The van der Waals surface area contributed by atoms with Gasteiger partial charge in [-0.05, 0) is 24.3 Å². The average molecular weight is 392 g/mol. The van der Waals surface area contributed by atoms with Gasteiger partial charge < -0.3 is 9.26 Å². The Labute approximate surface area is 155 Å². The zero-order chi connectivity index (χ0) is 18.7. The molecular weight excluding hydrogens is 378 g/mol. The topological polar surface area (TPSA) is 86.5 Å². The molecule has 1 heterocycles. The zero-order valence-electron chi connectivity index (χ0n) is 13.7. The van der Waals surface area contributed by atoms with Gasteiger partial charge in [0.15, 0.2) is 22.2 Å². The smallest absolute Gasteiger partial charge is 0.339 e. The largest absolute Gasteiger partial charge is 0.454 e. The molecule has 0 N–H and O–H groups in total. The van der Waals surface area contributed by atoms with E-state index in [0.29, 0.717) is 16.5 Å². The first-order chi connectivity index (χ1) is 12.3. The third-order valence-corrected chi connectivity index (χ3v) is 4.96. The summed E-state index contributed by atoms with van der Waals surface area (Å²) in [5.74, 6) is -0.421. The van der Waals surface area contributed by atoms with Crippen LogP contribution < -0.4 is 0 Å². The van der Waals surface area contributed by atoms with Crippen molar-refractivity contribution in [2.24, 2.45) is 0 Å². The molecule has 1 aromatic heterocycles. The summed E-state index contributed by atoms with van der Waals surface area (Å²) >= 11 is 5.85. The van der Waals surface area contributed by atoms with Crippen LogP contribution in [0, 0.1) is 0 Å². The minimum atomic E-state index is -3.54.